The lowest BCUT2D eigenvalue weighted by Gasteiger charge is -2.13. The molecule has 5 nitrogen and oxygen atoms in total. The average molecular weight is 366 g/mol. The van der Waals surface area contributed by atoms with Crippen LogP contribution in [0.3, 0.4) is 0 Å². The molecule has 1 atom stereocenters. The minimum Gasteiger partial charge on any atom is -0.491 e. The number of hydrogen-bond donors (Lipinski definition) is 3. The Morgan fingerprint density at radius 3 is 2.56 bits per heavy atom. The van der Waals surface area contributed by atoms with Crippen molar-refractivity contribution in [2.45, 2.75) is 33.4 Å². The van der Waals surface area contributed by atoms with Crippen molar-refractivity contribution >= 4 is 10.9 Å². The Kier molecular flexibility index (Phi) is 5.94. The summed E-state index contributed by atoms with van der Waals surface area (Å²) in [5.41, 5.74) is 4.81. The molecule has 0 radical (unpaired) electrons. The van der Waals surface area contributed by atoms with Crippen molar-refractivity contribution in [1.29, 1.82) is 0 Å². The Labute approximate surface area is 159 Å². The number of pyridine rings is 1. The van der Waals surface area contributed by atoms with Crippen LogP contribution in [0.2, 0.25) is 0 Å². The number of aliphatic hydroxyl groups is 1. The molecule has 0 spiro atoms. The third kappa shape index (κ3) is 4.96. The van der Waals surface area contributed by atoms with Gasteiger partial charge in [-0.15, -0.1) is 0 Å². The number of aliphatic hydroxyl groups excluding tert-OH is 1. The maximum atomic E-state index is 12.3. The molecule has 0 aliphatic heterocycles. The second-order valence-corrected chi connectivity index (χ2v) is 7.08. The Bertz CT molecular complexity index is 977. The molecule has 1 aromatic heterocycles. The normalized spacial score (nSPS) is 12.3. The van der Waals surface area contributed by atoms with Gasteiger partial charge in [-0.2, -0.15) is 0 Å². The molecule has 27 heavy (non-hydrogen) atoms. The van der Waals surface area contributed by atoms with E-state index in [2.05, 4.69) is 22.4 Å². The van der Waals surface area contributed by atoms with Crippen molar-refractivity contribution in [3.8, 4) is 5.75 Å². The van der Waals surface area contributed by atoms with Gasteiger partial charge in [0.15, 0.2) is 0 Å². The van der Waals surface area contributed by atoms with E-state index in [0.29, 0.717) is 18.7 Å². The average Bonchev–Trinajstić information content (AvgIpc) is 2.62. The van der Waals surface area contributed by atoms with Crippen LogP contribution >= 0.6 is 0 Å². The maximum Gasteiger partial charge on any atom is 0.252 e. The molecule has 0 fully saturated rings. The van der Waals surface area contributed by atoms with E-state index in [1.54, 1.807) is 0 Å². The number of benzene rings is 2. The van der Waals surface area contributed by atoms with Crippen LogP contribution in [0.15, 0.2) is 47.3 Å². The van der Waals surface area contributed by atoms with Gasteiger partial charge in [0.25, 0.3) is 5.56 Å². The van der Waals surface area contributed by atoms with E-state index in [4.69, 9.17) is 4.74 Å². The third-order valence-corrected chi connectivity index (χ3v) is 4.53. The van der Waals surface area contributed by atoms with Gasteiger partial charge >= 0.3 is 0 Å². The SMILES string of the molecule is Cc1ccc(OCC(O)CNCc2cc3cc(C)cc(C)c3[nH]c2=O)cc1. The summed E-state index contributed by atoms with van der Waals surface area (Å²) in [7, 11) is 0. The van der Waals surface area contributed by atoms with E-state index in [1.165, 1.54) is 0 Å². The zero-order valence-corrected chi connectivity index (χ0v) is 16.0. The number of ether oxygens (including phenoxy) is 1. The van der Waals surface area contributed by atoms with E-state index in [9.17, 15) is 9.90 Å². The zero-order valence-electron chi connectivity index (χ0n) is 16.0. The van der Waals surface area contributed by atoms with Crippen LogP contribution in [0.5, 0.6) is 5.75 Å². The number of fused-ring (bicyclic) bond motifs is 1. The van der Waals surface area contributed by atoms with Crippen LogP contribution in [-0.2, 0) is 6.54 Å². The number of aromatic nitrogens is 1. The van der Waals surface area contributed by atoms with Gasteiger partial charge in [0.2, 0.25) is 0 Å². The lowest BCUT2D eigenvalue weighted by atomic mass is 10.1. The highest BCUT2D eigenvalue weighted by Gasteiger charge is 2.08. The Hall–Kier alpha value is -2.63. The first-order valence-corrected chi connectivity index (χ1v) is 9.14. The first-order valence-electron chi connectivity index (χ1n) is 9.14. The molecule has 5 heteroatoms. The molecular weight excluding hydrogens is 340 g/mol. The van der Waals surface area contributed by atoms with Gasteiger partial charge in [-0.05, 0) is 56.0 Å². The minimum atomic E-state index is -0.657. The summed E-state index contributed by atoms with van der Waals surface area (Å²) in [6.45, 7) is 6.98. The van der Waals surface area contributed by atoms with Crippen molar-refractivity contribution in [2.24, 2.45) is 0 Å². The molecule has 3 aromatic rings. The topological polar surface area (TPSA) is 74.3 Å². The minimum absolute atomic E-state index is 0.104. The van der Waals surface area contributed by atoms with Gasteiger partial charge in [0.1, 0.15) is 18.5 Å². The molecule has 3 N–H and O–H groups in total. The third-order valence-electron chi connectivity index (χ3n) is 4.53. The Balaban J connectivity index is 1.56. The zero-order chi connectivity index (χ0) is 19.4. The predicted octanol–water partition coefficient (Wildman–Crippen LogP) is 2.98. The van der Waals surface area contributed by atoms with Gasteiger partial charge in [-0.1, -0.05) is 29.3 Å². The molecule has 0 bridgehead atoms. The number of aryl methyl sites for hydroxylation is 3. The highest BCUT2D eigenvalue weighted by molar-refractivity contribution is 5.82. The highest BCUT2D eigenvalue weighted by atomic mass is 16.5. The quantitative estimate of drug-likeness (QED) is 0.601. The second-order valence-electron chi connectivity index (χ2n) is 7.08. The highest BCUT2D eigenvalue weighted by Crippen LogP contribution is 2.18. The number of hydrogen-bond acceptors (Lipinski definition) is 4. The van der Waals surface area contributed by atoms with Crippen molar-refractivity contribution in [3.05, 3.63) is 75.1 Å². The number of aromatic amines is 1. The van der Waals surface area contributed by atoms with Crippen LogP contribution < -0.4 is 15.6 Å². The number of nitrogens with one attached hydrogen (secondary N) is 2. The van der Waals surface area contributed by atoms with Gasteiger partial charge in [-0.25, -0.2) is 0 Å². The first kappa shape index (κ1) is 19.1. The molecule has 0 aliphatic carbocycles. The lowest BCUT2D eigenvalue weighted by molar-refractivity contribution is 0.106. The van der Waals surface area contributed by atoms with Gasteiger partial charge in [-0.3, -0.25) is 4.79 Å². The fourth-order valence-corrected chi connectivity index (χ4v) is 3.12. The van der Waals surface area contributed by atoms with E-state index in [1.807, 2.05) is 51.1 Å². The molecule has 3 rings (SSSR count). The predicted molar refractivity (Wildman–Crippen MR) is 108 cm³/mol. The molecule has 1 unspecified atom stereocenters. The van der Waals surface area contributed by atoms with Gasteiger partial charge < -0.3 is 20.1 Å². The molecule has 0 saturated carbocycles. The molecule has 142 valence electrons. The van der Waals surface area contributed by atoms with E-state index in [-0.39, 0.29) is 12.2 Å². The van der Waals surface area contributed by atoms with Crippen LogP contribution in [0.1, 0.15) is 22.3 Å². The van der Waals surface area contributed by atoms with E-state index < -0.39 is 6.10 Å². The molecule has 2 aromatic carbocycles. The number of H-pyrrole nitrogens is 1. The van der Waals surface area contributed by atoms with E-state index in [0.717, 1.165) is 33.3 Å². The van der Waals surface area contributed by atoms with Crippen molar-refractivity contribution in [2.75, 3.05) is 13.2 Å². The van der Waals surface area contributed by atoms with Crippen LogP contribution in [0.4, 0.5) is 0 Å². The standard InChI is InChI=1S/C22H26N2O3/c1-14-4-6-20(7-5-14)27-13-19(25)12-23-11-18-10-17-9-15(2)8-16(3)21(17)24-22(18)26/h4-10,19,23,25H,11-13H2,1-3H3,(H,24,26). The number of rotatable bonds is 7. The smallest absolute Gasteiger partial charge is 0.252 e. The molecule has 0 saturated heterocycles. The second kappa shape index (κ2) is 8.37. The summed E-state index contributed by atoms with van der Waals surface area (Å²) in [6, 6.07) is 13.7. The molecule has 1 heterocycles. The van der Waals surface area contributed by atoms with Crippen molar-refractivity contribution in [1.82, 2.24) is 10.3 Å². The fraction of sp³-hybridized carbons (Fsp3) is 0.318. The van der Waals surface area contributed by atoms with Crippen LogP contribution in [0.25, 0.3) is 10.9 Å². The summed E-state index contributed by atoms with van der Waals surface area (Å²) in [5, 5.41) is 14.2. The largest absolute Gasteiger partial charge is 0.491 e. The van der Waals surface area contributed by atoms with Gasteiger partial charge in [0, 0.05) is 18.7 Å². The summed E-state index contributed by atoms with van der Waals surface area (Å²) >= 11 is 0. The van der Waals surface area contributed by atoms with Crippen molar-refractivity contribution < 1.29 is 9.84 Å². The fourth-order valence-electron chi connectivity index (χ4n) is 3.12. The monoisotopic (exact) mass is 366 g/mol. The molecule has 0 amide bonds. The summed E-state index contributed by atoms with van der Waals surface area (Å²) < 4.78 is 5.58. The lowest BCUT2D eigenvalue weighted by Crippen LogP contribution is -2.32. The Morgan fingerprint density at radius 1 is 1.07 bits per heavy atom. The summed E-state index contributed by atoms with van der Waals surface area (Å²) in [5.74, 6) is 0.733. The van der Waals surface area contributed by atoms with E-state index >= 15 is 0 Å². The molecule has 0 aliphatic rings. The van der Waals surface area contributed by atoms with Crippen LogP contribution in [-0.4, -0.2) is 29.3 Å². The molecular formula is C22H26N2O3. The summed E-state index contributed by atoms with van der Waals surface area (Å²) in [4.78, 5) is 15.3. The Morgan fingerprint density at radius 2 is 1.81 bits per heavy atom. The summed E-state index contributed by atoms with van der Waals surface area (Å²) in [6.07, 6.45) is -0.657. The maximum absolute atomic E-state index is 12.3. The first-order chi connectivity index (χ1) is 12.9. The van der Waals surface area contributed by atoms with Gasteiger partial charge in [0.05, 0.1) is 5.52 Å². The van der Waals surface area contributed by atoms with Crippen LogP contribution in [0, 0.1) is 20.8 Å². The van der Waals surface area contributed by atoms with Crippen molar-refractivity contribution in [3.63, 3.8) is 0 Å².